The maximum absolute atomic E-state index is 12.3. The molecule has 0 aliphatic carbocycles. The normalized spacial score (nSPS) is 10.6. The van der Waals surface area contributed by atoms with E-state index in [1.165, 1.54) is 12.1 Å². The van der Waals surface area contributed by atoms with Crippen LogP contribution in [-0.2, 0) is 11.8 Å². The van der Waals surface area contributed by atoms with E-state index in [2.05, 4.69) is 10.6 Å². The summed E-state index contributed by atoms with van der Waals surface area (Å²) in [6, 6.07) is 9.94. The minimum Gasteiger partial charge on any atom is -0.366 e. The van der Waals surface area contributed by atoms with Crippen LogP contribution in [0, 0.1) is 0 Å². The quantitative estimate of drug-likeness (QED) is 0.648. The predicted octanol–water partition coefficient (Wildman–Crippen LogP) is 1.71. The van der Waals surface area contributed by atoms with Gasteiger partial charge in [0.1, 0.15) is 5.69 Å². The van der Waals surface area contributed by atoms with E-state index < -0.39 is 5.91 Å². The smallest absolute Gasteiger partial charge is 0.268 e. The molecule has 2 heterocycles. The first-order valence-corrected chi connectivity index (χ1v) is 8.34. The average molecular weight is 356 g/mol. The van der Waals surface area contributed by atoms with Gasteiger partial charge in [-0.2, -0.15) is 0 Å². The van der Waals surface area contributed by atoms with E-state index in [4.69, 9.17) is 5.73 Å². The molecule has 4 N–H and O–H groups in total. The molecule has 3 amide bonds. The van der Waals surface area contributed by atoms with Crippen molar-refractivity contribution in [3.63, 3.8) is 0 Å². The minimum atomic E-state index is -0.535. The van der Waals surface area contributed by atoms with Crippen molar-refractivity contribution in [2.24, 2.45) is 12.8 Å². The van der Waals surface area contributed by atoms with Crippen LogP contribution in [-0.4, -0.2) is 28.8 Å². The van der Waals surface area contributed by atoms with E-state index in [1.807, 2.05) is 18.5 Å². The number of fused-ring (bicyclic) bond motifs is 1. The van der Waals surface area contributed by atoms with Gasteiger partial charge in [0, 0.05) is 18.3 Å². The number of carbonyl (C=O) groups is 3. The van der Waals surface area contributed by atoms with Crippen LogP contribution >= 0.6 is 11.3 Å². The number of thiophene rings is 1. The second-order valence-electron chi connectivity index (χ2n) is 5.43. The van der Waals surface area contributed by atoms with Crippen LogP contribution in [0.3, 0.4) is 0 Å². The lowest BCUT2D eigenvalue weighted by Crippen LogP contribution is -2.33. The molecule has 0 unspecified atom stereocenters. The molecule has 128 valence electrons. The summed E-state index contributed by atoms with van der Waals surface area (Å²) in [6.45, 7) is -0.158. The molecule has 1 aromatic carbocycles. The van der Waals surface area contributed by atoms with Crippen molar-refractivity contribution in [2.45, 2.75) is 0 Å². The molecule has 0 saturated carbocycles. The summed E-state index contributed by atoms with van der Waals surface area (Å²) < 4.78 is 2.81. The third-order valence-corrected chi connectivity index (χ3v) is 4.61. The maximum Gasteiger partial charge on any atom is 0.268 e. The highest BCUT2D eigenvalue weighted by Crippen LogP contribution is 2.23. The Hall–Kier alpha value is -3.13. The van der Waals surface area contributed by atoms with Crippen LogP contribution in [0.5, 0.6) is 0 Å². The van der Waals surface area contributed by atoms with E-state index in [1.54, 1.807) is 34.1 Å². The van der Waals surface area contributed by atoms with Crippen LogP contribution in [0.1, 0.15) is 20.8 Å². The molecule has 0 radical (unpaired) electrons. The van der Waals surface area contributed by atoms with Crippen LogP contribution in [0.2, 0.25) is 0 Å². The van der Waals surface area contributed by atoms with Gasteiger partial charge < -0.3 is 20.9 Å². The molecule has 0 spiro atoms. The van der Waals surface area contributed by atoms with E-state index >= 15 is 0 Å². The van der Waals surface area contributed by atoms with Gasteiger partial charge >= 0.3 is 0 Å². The lowest BCUT2D eigenvalue weighted by molar-refractivity contribution is -0.115. The van der Waals surface area contributed by atoms with E-state index in [0.29, 0.717) is 16.9 Å². The van der Waals surface area contributed by atoms with Gasteiger partial charge in [0.25, 0.3) is 5.91 Å². The molecule has 25 heavy (non-hydrogen) atoms. The van der Waals surface area contributed by atoms with Crippen molar-refractivity contribution in [3.8, 4) is 0 Å². The van der Waals surface area contributed by atoms with Gasteiger partial charge in [-0.15, -0.1) is 11.3 Å². The van der Waals surface area contributed by atoms with Crippen LogP contribution in [0.25, 0.3) is 10.2 Å². The molecule has 0 bridgehead atoms. The number of hydrogen-bond donors (Lipinski definition) is 3. The van der Waals surface area contributed by atoms with Crippen molar-refractivity contribution in [1.82, 2.24) is 9.88 Å². The second-order valence-corrected chi connectivity index (χ2v) is 6.38. The molecule has 3 aromatic rings. The number of hydrogen-bond acceptors (Lipinski definition) is 4. The zero-order valence-electron chi connectivity index (χ0n) is 13.4. The van der Waals surface area contributed by atoms with Crippen LogP contribution in [0.15, 0.2) is 41.8 Å². The molecular weight excluding hydrogens is 340 g/mol. The molecule has 0 saturated heterocycles. The topological polar surface area (TPSA) is 106 Å². The third kappa shape index (κ3) is 3.53. The number of aryl methyl sites for hydroxylation is 1. The molecule has 2 aromatic heterocycles. The first kappa shape index (κ1) is 16.7. The maximum atomic E-state index is 12.3. The Balaban J connectivity index is 1.58. The summed E-state index contributed by atoms with van der Waals surface area (Å²) in [5.74, 6) is -1.21. The van der Waals surface area contributed by atoms with Gasteiger partial charge in [-0.3, -0.25) is 14.4 Å². The Morgan fingerprint density at radius 1 is 1.16 bits per heavy atom. The zero-order valence-corrected chi connectivity index (χ0v) is 14.2. The van der Waals surface area contributed by atoms with Gasteiger partial charge in [0.05, 0.1) is 16.8 Å². The molecule has 0 fully saturated rings. The predicted molar refractivity (Wildman–Crippen MR) is 96.7 cm³/mol. The number of carbonyl (C=O) groups excluding carboxylic acids is 3. The standard InChI is InChI=1S/C17H16N4O3S/c1-21-12-6-7-25-14(12)8-13(21)17(24)19-9-15(22)20-11-4-2-10(3-5-11)16(18)23/h2-8H,9H2,1H3,(H2,18,23)(H,19,24)(H,20,22). The van der Waals surface area contributed by atoms with Crippen molar-refractivity contribution >= 4 is 45.0 Å². The highest BCUT2D eigenvalue weighted by atomic mass is 32.1. The van der Waals surface area contributed by atoms with E-state index in [0.717, 1.165) is 10.2 Å². The monoisotopic (exact) mass is 356 g/mol. The summed E-state index contributed by atoms with van der Waals surface area (Å²) in [5, 5.41) is 7.20. The molecule has 0 aliphatic heterocycles. The number of aromatic nitrogens is 1. The highest BCUT2D eigenvalue weighted by molar-refractivity contribution is 7.17. The second kappa shape index (κ2) is 6.78. The van der Waals surface area contributed by atoms with E-state index in [-0.39, 0.29) is 18.4 Å². The summed E-state index contributed by atoms with van der Waals surface area (Å²) in [4.78, 5) is 35.2. The molecule has 0 aliphatic rings. The first-order valence-electron chi connectivity index (χ1n) is 7.46. The third-order valence-electron chi connectivity index (χ3n) is 3.76. The van der Waals surface area contributed by atoms with Crippen molar-refractivity contribution in [3.05, 3.63) is 53.0 Å². The Labute approximate surface area is 147 Å². The average Bonchev–Trinajstić information content (AvgIpc) is 3.16. The number of anilines is 1. The van der Waals surface area contributed by atoms with Crippen LogP contribution < -0.4 is 16.4 Å². The fraction of sp³-hybridized carbons (Fsp3) is 0.118. The Bertz CT molecular complexity index is 956. The molecular formula is C17H16N4O3S. The summed E-state index contributed by atoms with van der Waals surface area (Å²) in [6.07, 6.45) is 0. The van der Waals surface area contributed by atoms with E-state index in [9.17, 15) is 14.4 Å². The highest BCUT2D eigenvalue weighted by Gasteiger charge is 2.15. The molecule has 7 nitrogen and oxygen atoms in total. The number of nitrogens with one attached hydrogen (secondary N) is 2. The molecule has 0 atom stereocenters. The van der Waals surface area contributed by atoms with Gasteiger partial charge in [0.15, 0.2) is 0 Å². The first-order chi connectivity index (χ1) is 12.0. The number of primary amides is 1. The fourth-order valence-electron chi connectivity index (χ4n) is 2.44. The summed E-state index contributed by atoms with van der Waals surface area (Å²) in [7, 11) is 1.81. The number of nitrogens with zero attached hydrogens (tertiary/aromatic N) is 1. The fourth-order valence-corrected chi connectivity index (χ4v) is 3.29. The number of benzene rings is 1. The van der Waals surface area contributed by atoms with Crippen molar-refractivity contribution < 1.29 is 14.4 Å². The zero-order chi connectivity index (χ0) is 18.0. The number of rotatable bonds is 5. The lowest BCUT2D eigenvalue weighted by atomic mass is 10.2. The Kier molecular flexibility index (Phi) is 4.53. The van der Waals surface area contributed by atoms with Crippen LogP contribution in [0.4, 0.5) is 5.69 Å². The van der Waals surface area contributed by atoms with Crippen molar-refractivity contribution in [1.29, 1.82) is 0 Å². The van der Waals surface area contributed by atoms with Gasteiger partial charge in [0.2, 0.25) is 11.8 Å². The van der Waals surface area contributed by atoms with Gasteiger partial charge in [-0.1, -0.05) is 0 Å². The van der Waals surface area contributed by atoms with Crippen molar-refractivity contribution in [2.75, 3.05) is 11.9 Å². The summed E-state index contributed by atoms with van der Waals surface area (Å²) >= 11 is 1.56. The SMILES string of the molecule is Cn1c(C(=O)NCC(=O)Nc2ccc(C(N)=O)cc2)cc2sccc21. The lowest BCUT2D eigenvalue weighted by Gasteiger charge is -2.08. The molecule has 3 rings (SSSR count). The minimum absolute atomic E-state index is 0.158. The Morgan fingerprint density at radius 3 is 2.52 bits per heavy atom. The van der Waals surface area contributed by atoms with Gasteiger partial charge in [-0.05, 0) is 41.8 Å². The number of amides is 3. The summed E-state index contributed by atoms with van der Waals surface area (Å²) in [5.41, 5.74) is 7.51. The largest absolute Gasteiger partial charge is 0.366 e. The molecule has 8 heteroatoms. The Morgan fingerprint density at radius 2 is 1.88 bits per heavy atom. The number of nitrogens with two attached hydrogens (primary N) is 1. The van der Waals surface area contributed by atoms with Gasteiger partial charge in [-0.25, -0.2) is 0 Å².